The Morgan fingerprint density at radius 2 is 1.62 bits per heavy atom. The maximum atomic E-state index is 12.7. The highest BCUT2D eigenvalue weighted by atomic mass is 16.5. The Kier molecular flexibility index (Phi) is 6.50. The number of hydrogen-bond donors (Lipinski definition) is 1. The van der Waals surface area contributed by atoms with Crippen LogP contribution in [0.15, 0.2) is 48.5 Å². The zero-order valence-electron chi connectivity index (χ0n) is 17.4. The van der Waals surface area contributed by atoms with Crippen molar-refractivity contribution in [3.05, 3.63) is 59.7 Å². The van der Waals surface area contributed by atoms with Crippen molar-refractivity contribution in [2.75, 3.05) is 18.4 Å². The summed E-state index contributed by atoms with van der Waals surface area (Å²) in [6, 6.07) is 16.6. The van der Waals surface area contributed by atoms with Crippen LogP contribution in [0.1, 0.15) is 49.7 Å². The molecule has 0 bridgehead atoms. The van der Waals surface area contributed by atoms with Gasteiger partial charge in [0.15, 0.2) is 0 Å². The highest BCUT2D eigenvalue weighted by Crippen LogP contribution is 2.26. The molecule has 154 valence electrons. The molecule has 0 aromatic heterocycles. The summed E-state index contributed by atoms with van der Waals surface area (Å²) in [5, 5.41) is 3.09. The molecule has 1 amide bonds. The van der Waals surface area contributed by atoms with E-state index in [1.807, 2.05) is 24.3 Å². The van der Waals surface area contributed by atoms with Crippen LogP contribution < -0.4 is 10.1 Å². The molecule has 1 aliphatic heterocycles. The number of anilines is 1. The number of nitrogens with one attached hydrogen (secondary N) is 1. The van der Waals surface area contributed by atoms with Gasteiger partial charge in [0.1, 0.15) is 5.75 Å². The van der Waals surface area contributed by atoms with E-state index in [-0.39, 0.29) is 11.8 Å². The van der Waals surface area contributed by atoms with Gasteiger partial charge in [0.05, 0.1) is 6.10 Å². The monoisotopic (exact) mass is 392 g/mol. The molecule has 2 aromatic carbocycles. The van der Waals surface area contributed by atoms with E-state index in [1.54, 1.807) is 0 Å². The van der Waals surface area contributed by atoms with Crippen LogP contribution >= 0.6 is 0 Å². The summed E-state index contributed by atoms with van der Waals surface area (Å²) < 4.78 is 6.00. The Hall–Kier alpha value is -2.33. The first-order chi connectivity index (χ1) is 14.2. The molecule has 2 aliphatic rings. The molecule has 1 heterocycles. The van der Waals surface area contributed by atoms with Crippen LogP contribution in [0.4, 0.5) is 5.69 Å². The maximum absolute atomic E-state index is 12.7. The molecule has 1 saturated heterocycles. The third kappa shape index (κ3) is 5.60. The third-order valence-corrected chi connectivity index (χ3v) is 6.21. The minimum absolute atomic E-state index is 0.0960. The average Bonchev–Trinajstić information content (AvgIpc) is 3.25. The fourth-order valence-electron chi connectivity index (χ4n) is 4.36. The van der Waals surface area contributed by atoms with Crippen molar-refractivity contribution in [1.82, 2.24) is 4.90 Å². The molecule has 4 heteroatoms. The van der Waals surface area contributed by atoms with Gasteiger partial charge in [-0.3, -0.25) is 9.69 Å². The molecule has 1 N–H and O–H groups in total. The Morgan fingerprint density at radius 3 is 2.28 bits per heavy atom. The summed E-state index contributed by atoms with van der Waals surface area (Å²) in [7, 11) is 0. The molecule has 29 heavy (non-hydrogen) atoms. The van der Waals surface area contributed by atoms with Crippen molar-refractivity contribution in [2.24, 2.45) is 5.92 Å². The first kappa shape index (κ1) is 20.0. The van der Waals surface area contributed by atoms with Crippen molar-refractivity contribution >= 4 is 11.6 Å². The quantitative estimate of drug-likeness (QED) is 0.738. The molecule has 2 fully saturated rings. The molecule has 2 aromatic rings. The number of carbonyl (C=O) groups excluding carboxylic acids is 1. The van der Waals surface area contributed by atoms with Crippen LogP contribution in [-0.2, 0) is 11.3 Å². The summed E-state index contributed by atoms with van der Waals surface area (Å²) >= 11 is 0. The lowest BCUT2D eigenvalue weighted by atomic mass is 9.95. The van der Waals surface area contributed by atoms with Crippen LogP contribution in [0.5, 0.6) is 5.75 Å². The standard InChI is InChI=1S/C25H32N2O2/c1-19-6-8-20(9-7-19)18-27-16-14-21(15-17-27)25(28)26-22-10-12-24(13-11-22)29-23-4-2-3-5-23/h6-13,21,23H,2-5,14-18H2,1H3,(H,26,28). The van der Waals surface area contributed by atoms with Gasteiger partial charge in [-0.1, -0.05) is 29.8 Å². The highest BCUT2D eigenvalue weighted by molar-refractivity contribution is 5.92. The van der Waals surface area contributed by atoms with E-state index in [9.17, 15) is 4.79 Å². The Labute approximate surface area is 174 Å². The fourth-order valence-corrected chi connectivity index (χ4v) is 4.36. The summed E-state index contributed by atoms with van der Waals surface area (Å²) in [5.74, 6) is 1.14. The smallest absolute Gasteiger partial charge is 0.227 e. The van der Waals surface area contributed by atoms with Gasteiger partial charge in [-0.25, -0.2) is 0 Å². The lowest BCUT2D eigenvalue weighted by Gasteiger charge is -2.31. The lowest BCUT2D eigenvalue weighted by Crippen LogP contribution is -2.37. The zero-order valence-corrected chi connectivity index (χ0v) is 17.4. The minimum Gasteiger partial charge on any atom is -0.490 e. The second kappa shape index (κ2) is 9.45. The van der Waals surface area contributed by atoms with Crippen molar-refractivity contribution < 1.29 is 9.53 Å². The molecule has 1 aliphatic carbocycles. The predicted octanol–water partition coefficient (Wildman–Crippen LogP) is 5.17. The van der Waals surface area contributed by atoms with E-state index in [0.717, 1.165) is 56.8 Å². The lowest BCUT2D eigenvalue weighted by molar-refractivity contribution is -0.121. The molecule has 0 atom stereocenters. The van der Waals surface area contributed by atoms with Crippen LogP contribution in [0.3, 0.4) is 0 Å². The molecule has 0 unspecified atom stereocenters. The van der Waals surface area contributed by atoms with Gasteiger partial charge in [-0.2, -0.15) is 0 Å². The van der Waals surface area contributed by atoms with Crippen molar-refractivity contribution in [1.29, 1.82) is 0 Å². The molecular formula is C25H32N2O2. The number of rotatable bonds is 6. The van der Waals surface area contributed by atoms with E-state index < -0.39 is 0 Å². The predicted molar refractivity (Wildman–Crippen MR) is 117 cm³/mol. The van der Waals surface area contributed by atoms with Gasteiger partial charge in [0.2, 0.25) is 5.91 Å². The number of likely N-dealkylation sites (tertiary alicyclic amines) is 1. The number of aryl methyl sites for hydroxylation is 1. The topological polar surface area (TPSA) is 41.6 Å². The second-order valence-electron chi connectivity index (χ2n) is 8.57. The molecule has 0 radical (unpaired) electrons. The number of hydrogen-bond acceptors (Lipinski definition) is 3. The molecule has 0 spiro atoms. The largest absolute Gasteiger partial charge is 0.490 e. The van der Waals surface area contributed by atoms with Crippen LogP contribution in [0, 0.1) is 12.8 Å². The SMILES string of the molecule is Cc1ccc(CN2CCC(C(=O)Nc3ccc(OC4CCCC4)cc3)CC2)cc1. The van der Waals surface area contributed by atoms with Crippen LogP contribution in [0.25, 0.3) is 0 Å². The van der Waals surface area contributed by atoms with Gasteiger partial charge in [-0.05, 0) is 88.4 Å². The maximum Gasteiger partial charge on any atom is 0.227 e. The van der Waals surface area contributed by atoms with E-state index in [1.165, 1.54) is 24.0 Å². The Morgan fingerprint density at radius 1 is 0.966 bits per heavy atom. The first-order valence-electron chi connectivity index (χ1n) is 11.0. The van der Waals surface area contributed by atoms with Crippen molar-refractivity contribution in [3.63, 3.8) is 0 Å². The molecular weight excluding hydrogens is 360 g/mol. The Bertz CT molecular complexity index is 787. The summed E-state index contributed by atoms with van der Waals surface area (Å²) in [6.45, 7) is 5.03. The number of ether oxygens (including phenoxy) is 1. The summed E-state index contributed by atoms with van der Waals surface area (Å²) in [5.41, 5.74) is 3.50. The minimum atomic E-state index is 0.0960. The molecule has 4 nitrogen and oxygen atoms in total. The normalized spacial score (nSPS) is 18.7. The highest BCUT2D eigenvalue weighted by Gasteiger charge is 2.25. The van der Waals surface area contributed by atoms with E-state index >= 15 is 0 Å². The van der Waals surface area contributed by atoms with Crippen LogP contribution in [0.2, 0.25) is 0 Å². The van der Waals surface area contributed by atoms with Crippen molar-refractivity contribution in [2.45, 2.75) is 58.1 Å². The number of nitrogens with zero attached hydrogens (tertiary/aromatic N) is 1. The van der Waals surface area contributed by atoms with Crippen LogP contribution in [-0.4, -0.2) is 30.0 Å². The summed E-state index contributed by atoms with van der Waals surface area (Å²) in [6.07, 6.45) is 7.04. The zero-order chi connectivity index (χ0) is 20.1. The van der Waals surface area contributed by atoms with E-state index in [2.05, 4.69) is 41.4 Å². The summed E-state index contributed by atoms with van der Waals surface area (Å²) in [4.78, 5) is 15.1. The van der Waals surface area contributed by atoms with Gasteiger partial charge in [0, 0.05) is 18.2 Å². The first-order valence-corrected chi connectivity index (χ1v) is 11.0. The van der Waals surface area contributed by atoms with Gasteiger partial charge in [0.25, 0.3) is 0 Å². The number of benzene rings is 2. The Balaban J connectivity index is 1.22. The number of amides is 1. The fraction of sp³-hybridized carbons (Fsp3) is 0.480. The van der Waals surface area contributed by atoms with Gasteiger partial charge >= 0.3 is 0 Å². The van der Waals surface area contributed by atoms with E-state index in [4.69, 9.17) is 4.74 Å². The third-order valence-electron chi connectivity index (χ3n) is 6.21. The van der Waals surface area contributed by atoms with E-state index in [0.29, 0.717) is 6.10 Å². The van der Waals surface area contributed by atoms with Crippen molar-refractivity contribution in [3.8, 4) is 5.75 Å². The number of piperidine rings is 1. The molecule has 1 saturated carbocycles. The van der Waals surface area contributed by atoms with Gasteiger partial charge < -0.3 is 10.1 Å². The number of carbonyl (C=O) groups is 1. The average molecular weight is 393 g/mol. The molecule has 4 rings (SSSR count). The van der Waals surface area contributed by atoms with Gasteiger partial charge in [-0.15, -0.1) is 0 Å². The second-order valence-corrected chi connectivity index (χ2v) is 8.57.